The summed E-state index contributed by atoms with van der Waals surface area (Å²) in [6.45, 7) is 7.70. The minimum absolute atomic E-state index is 0.793. The maximum atomic E-state index is 4.73. The van der Waals surface area contributed by atoms with Crippen LogP contribution in [0.4, 0.5) is 0 Å². The van der Waals surface area contributed by atoms with Crippen molar-refractivity contribution in [3.05, 3.63) is 53.9 Å². The lowest BCUT2D eigenvalue weighted by Gasteiger charge is -2.22. The molecule has 2 aromatic rings. The molecule has 1 N–H and O–H groups in total. The Morgan fingerprint density at radius 3 is 2.58 bits per heavy atom. The van der Waals surface area contributed by atoms with Crippen LogP contribution in [0.3, 0.4) is 0 Å². The molecule has 0 radical (unpaired) electrons. The molecular formula is C19H29N5. The fraction of sp³-hybridized carbons (Fsp3) is 0.474. The maximum absolute atomic E-state index is 4.73. The summed E-state index contributed by atoms with van der Waals surface area (Å²) < 4.78 is 1.95. The van der Waals surface area contributed by atoms with Gasteiger partial charge in [-0.05, 0) is 37.0 Å². The van der Waals surface area contributed by atoms with Gasteiger partial charge in [-0.2, -0.15) is 5.10 Å². The number of aromatic nitrogens is 2. The minimum atomic E-state index is 0.793. The third-order valence-electron chi connectivity index (χ3n) is 3.91. The van der Waals surface area contributed by atoms with E-state index in [0.717, 1.165) is 45.0 Å². The van der Waals surface area contributed by atoms with Gasteiger partial charge in [0.1, 0.15) is 0 Å². The van der Waals surface area contributed by atoms with Crippen LogP contribution in [0.15, 0.2) is 47.7 Å². The summed E-state index contributed by atoms with van der Waals surface area (Å²) in [5.74, 6) is 0.956. The normalized spacial score (nSPS) is 11.5. The number of benzene rings is 1. The maximum Gasteiger partial charge on any atom is 0.193 e. The molecule has 2 rings (SSSR count). The summed E-state index contributed by atoms with van der Waals surface area (Å²) in [6, 6.07) is 10.8. The molecular weight excluding hydrogens is 298 g/mol. The second-order valence-corrected chi connectivity index (χ2v) is 5.88. The summed E-state index contributed by atoms with van der Waals surface area (Å²) in [6.07, 6.45) is 5.86. The molecule has 5 nitrogen and oxygen atoms in total. The second-order valence-electron chi connectivity index (χ2n) is 5.88. The Labute approximate surface area is 145 Å². The van der Waals surface area contributed by atoms with E-state index >= 15 is 0 Å². The van der Waals surface area contributed by atoms with E-state index in [-0.39, 0.29) is 0 Å². The zero-order valence-corrected chi connectivity index (χ0v) is 15.1. The third kappa shape index (κ3) is 5.72. The Hall–Kier alpha value is -2.30. The highest BCUT2D eigenvalue weighted by Gasteiger charge is 2.06. The fourth-order valence-corrected chi connectivity index (χ4v) is 2.55. The number of rotatable bonds is 8. The van der Waals surface area contributed by atoms with Gasteiger partial charge in [-0.1, -0.05) is 31.2 Å². The lowest BCUT2D eigenvalue weighted by Crippen LogP contribution is -2.38. The van der Waals surface area contributed by atoms with Crippen LogP contribution in [0.5, 0.6) is 0 Å². The molecule has 5 heteroatoms. The van der Waals surface area contributed by atoms with E-state index in [1.807, 2.05) is 23.1 Å². The average molecular weight is 327 g/mol. The molecule has 1 aromatic heterocycles. The molecule has 0 spiro atoms. The van der Waals surface area contributed by atoms with Gasteiger partial charge in [-0.15, -0.1) is 0 Å². The molecule has 24 heavy (non-hydrogen) atoms. The van der Waals surface area contributed by atoms with E-state index in [1.165, 1.54) is 11.1 Å². The van der Waals surface area contributed by atoms with E-state index in [2.05, 4.69) is 60.5 Å². The Kier molecular flexibility index (Phi) is 7.33. The van der Waals surface area contributed by atoms with Crippen LogP contribution in [0.1, 0.15) is 31.4 Å². The quantitative estimate of drug-likeness (QED) is 0.461. The van der Waals surface area contributed by atoms with Crippen LogP contribution in [-0.2, 0) is 19.5 Å². The van der Waals surface area contributed by atoms with Crippen molar-refractivity contribution in [1.29, 1.82) is 0 Å². The molecule has 0 fully saturated rings. The van der Waals surface area contributed by atoms with Gasteiger partial charge in [0.2, 0.25) is 0 Å². The van der Waals surface area contributed by atoms with Crippen LogP contribution in [0.25, 0.3) is 0 Å². The van der Waals surface area contributed by atoms with Gasteiger partial charge in [0.25, 0.3) is 0 Å². The molecule has 0 amide bonds. The number of hydrogen-bond donors (Lipinski definition) is 1. The highest BCUT2D eigenvalue weighted by molar-refractivity contribution is 5.79. The van der Waals surface area contributed by atoms with Gasteiger partial charge in [0.15, 0.2) is 5.96 Å². The van der Waals surface area contributed by atoms with Gasteiger partial charge in [0.05, 0.1) is 0 Å². The van der Waals surface area contributed by atoms with Crippen LogP contribution in [-0.4, -0.2) is 40.8 Å². The van der Waals surface area contributed by atoms with Crippen molar-refractivity contribution in [2.24, 2.45) is 4.99 Å². The number of guanidine groups is 1. The highest BCUT2D eigenvalue weighted by Crippen LogP contribution is 2.07. The molecule has 0 aliphatic heterocycles. The first kappa shape index (κ1) is 18.0. The molecule has 0 bridgehead atoms. The van der Waals surface area contributed by atoms with Crippen molar-refractivity contribution in [1.82, 2.24) is 20.0 Å². The van der Waals surface area contributed by atoms with Crippen molar-refractivity contribution in [3.63, 3.8) is 0 Å². The Bertz CT molecular complexity index is 601. The molecule has 1 aromatic carbocycles. The van der Waals surface area contributed by atoms with Crippen molar-refractivity contribution < 1.29 is 0 Å². The standard InChI is InChI=1S/C19H29N5/c1-4-17-8-10-18(11-9-17)16-23(3)19(20-5-2)21-12-6-14-24-15-7-13-22-24/h7-11,13,15H,4-6,12,14,16H2,1-3H3,(H,20,21). The first-order chi connectivity index (χ1) is 11.7. The lowest BCUT2D eigenvalue weighted by molar-refractivity contribution is 0.475. The summed E-state index contributed by atoms with van der Waals surface area (Å²) in [7, 11) is 2.09. The predicted molar refractivity (Wildman–Crippen MR) is 100 cm³/mol. The lowest BCUT2D eigenvalue weighted by atomic mass is 10.1. The van der Waals surface area contributed by atoms with Crippen LogP contribution in [0, 0.1) is 0 Å². The number of nitrogens with zero attached hydrogens (tertiary/aromatic N) is 4. The molecule has 0 unspecified atom stereocenters. The van der Waals surface area contributed by atoms with Gasteiger partial charge in [-0.3, -0.25) is 9.67 Å². The molecule has 0 aliphatic rings. The van der Waals surface area contributed by atoms with Crippen molar-refractivity contribution in [2.75, 3.05) is 20.1 Å². The van der Waals surface area contributed by atoms with Crippen LogP contribution < -0.4 is 5.32 Å². The van der Waals surface area contributed by atoms with Crippen molar-refractivity contribution >= 4 is 5.96 Å². The number of aryl methyl sites for hydroxylation is 2. The van der Waals surface area contributed by atoms with Crippen molar-refractivity contribution in [3.8, 4) is 0 Å². The zero-order chi connectivity index (χ0) is 17.2. The van der Waals surface area contributed by atoms with Gasteiger partial charge < -0.3 is 10.2 Å². The Morgan fingerprint density at radius 1 is 1.21 bits per heavy atom. The number of aliphatic imine (C=N–C) groups is 1. The van der Waals surface area contributed by atoms with Crippen LogP contribution in [0.2, 0.25) is 0 Å². The molecule has 1 heterocycles. The fourth-order valence-electron chi connectivity index (χ4n) is 2.55. The summed E-state index contributed by atoms with van der Waals surface area (Å²) in [5.41, 5.74) is 2.68. The minimum Gasteiger partial charge on any atom is -0.357 e. The molecule has 0 saturated heterocycles. The average Bonchev–Trinajstić information content (AvgIpc) is 3.11. The number of nitrogens with one attached hydrogen (secondary N) is 1. The van der Waals surface area contributed by atoms with Crippen LogP contribution >= 0.6 is 0 Å². The van der Waals surface area contributed by atoms with Gasteiger partial charge in [-0.25, -0.2) is 0 Å². The highest BCUT2D eigenvalue weighted by atomic mass is 15.3. The van der Waals surface area contributed by atoms with E-state index in [0.29, 0.717) is 0 Å². The first-order valence-electron chi connectivity index (χ1n) is 8.77. The summed E-state index contributed by atoms with van der Waals surface area (Å²) in [4.78, 5) is 6.91. The van der Waals surface area contributed by atoms with E-state index in [1.54, 1.807) is 0 Å². The van der Waals surface area contributed by atoms with E-state index in [9.17, 15) is 0 Å². The first-order valence-corrected chi connectivity index (χ1v) is 8.77. The zero-order valence-electron chi connectivity index (χ0n) is 15.1. The molecule has 0 atom stereocenters. The monoisotopic (exact) mass is 327 g/mol. The molecule has 0 saturated carbocycles. The van der Waals surface area contributed by atoms with Gasteiger partial charge >= 0.3 is 0 Å². The summed E-state index contributed by atoms with van der Waals surface area (Å²) in [5, 5.41) is 7.59. The van der Waals surface area contributed by atoms with Crippen molar-refractivity contribution in [2.45, 2.75) is 39.8 Å². The number of hydrogen-bond acceptors (Lipinski definition) is 2. The van der Waals surface area contributed by atoms with E-state index in [4.69, 9.17) is 4.99 Å². The third-order valence-corrected chi connectivity index (χ3v) is 3.91. The topological polar surface area (TPSA) is 45.5 Å². The predicted octanol–water partition coefficient (Wildman–Crippen LogP) is 2.93. The smallest absolute Gasteiger partial charge is 0.193 e. The molecule has 130 valence electrons. The van der Waals surface area contributed by atoms with Gasteiger partial charge in [0, 0.05) is 45.6 Å². The molecule has 0 aliphatic carbocycles. The second kappa shape index (κ2) is 9.75. The summed E-state index contributed by atoms with van der Waals surface area (Å²) >= 11 is 0. The Morgan fingerprint density at radius 2 is 1.96 bits per heavy atom. The largest absolute Gasteiger partial charge is 0.357 e. The SMILES string of the molecule is CCNC(=NCCCn1cccn1)N(C)Cc1ccc(CC)cc1. The Balaban J connectivity index is 1.87. The van der Waals surface area contributed by atoms with E-state index < -0.39 is 0 Å².